The van der Waals surface area contributed by atoms with E-state index in [0.717, 1.165) is 17.1 Å². The number of carbonyl (C=O) groups is 4. The minimum Gasteiger partial charge on any atom is -0.419 e. The van der Waals surface area contributed by atoms with E-state index in [1.54, 1.807) is 0 Å². The molecule has 0 radical (unpaired) electrons. The molecular weight excluding hydrogens is 459 g/mol. The Balaban J connectivity index is 1.53. The molecule has 1 aromatic carbocycles. The summed E-state index contributed by atoms with van der Waals surface area (Å²) in [6, 6.07) is 0. The zero-order valence-corrected chi connectivity index (χ0v) is 16.9. The molecule has 33 heavy (non-hydrogen) atoms. The molecule has 2 aliphatic rings. The van der Waals surface area contributed by atoms with Gasteiger partial charge in [-0.25, -0.2) is 13.2 Å². The van der Waals surface area contributed by atoms with Gasteiger partial charge in [-0.05, 0) is 12.8 Å². The number of ether oxygens (including phenoxy) is 2. The van der Waals surface area contributed by atoms with Crippen molar-refractivity contribution in [1.29, 1.82) is 0 Å². The quantitative estimate of drug-likeness (QED) is 0.0848. The number of halogens is 5. The van der Waals surface area contributed by atoms with E-state index >= 15 is 0 Å². The minimum atomic E-state index is -2.41. The number of nitrogens with zero attached hydrogens (tertiary/aromatic N) is 1. The third-order valence-corrected chi connectivity index (χ3v) is 5.29. The monoisotopic (exact) mass is 476 g/mol. The van der Waals surface area contributed by atoms with E-state index in [4.69, 9.17) is 4.74 Å². The Labute approximate surface area is 183 Å². The van der Waals surface area contributed by atoms with Crippen LogP contribution in [0.1, 0.15) is 19.3 Å². The molecule has 1 saturated carbocycles. The van der Waals surface area contributed by atoms with Crippen molar-refractivity contribution < 1.29 is 50.6 Å². The molecule has 1 N–H and O–H groups in total. The van der Waals surface area contributed by atoms with Crippen molar-refractivity contribution in [2.45, 2.75) is 19.3 Å². The Kier molecular flexibility index (Phi) is 7.10. The van der Waals surface area contributed by atoms with Crippen molar-refractivity contribution in [2.75, 3.05) is 26.3 Å². The van der Waals surface area contributed by atoms with E-state index in [1.165, 1.54) is 0 Å². The van der Waals surface area contributed by atoms with Crippen LogP contribution in [0.3, 0.4) is 0 Å². The van der Waals surface area contributed by atoms with Crippen LogP contribution >= 0.6 is 0 Å². The molecule has 0 unspecified atom stereocenters. The maximum absolute atomic E-state index is 13.8. The fraction of sp³-hybridized carbons (Fsp3) is 0.400. The van der Waals surface area contributed by atoms with Crippen LogP contribution in [0, 0.1) is 34.5 Å². The van der Waals surface area contributed by atoms with Crippen LogP contribution < -0.4 is 10.1 Å². The lowest BCUT2D eigenvalue weighted by atomic mass is 9.68. The molecule has 13 heteroatoms. The van der Waals surface area contributed by atoms with Crippen LogP contribution in [0.5, 0.6) is 5.75 Å². The average molecular weight is 476 g/mol. The first-order chi connectivity index (χ1) is 15.6. The summed E-state index contributed by atoms with van der Waals surface area (Å²) in [4.78, 5) is 48.7. The summed E-state index contributed by atoms with van der Waals surface area (Å²) in [5.74, 6) is -16.7. The molecule has 3 rings (SSSR count). The molecule has 1 aromatic rings. The van der Waals surface area contributed by atoms with Gasteiger partial charge in [-0.3, -0.25) is 24.1 Å². The normalized spacial score (nSPS) is 16.7. The smallest absolute Gasteiger partial charge is 0.327 e. The lowest BCUT2D eigenvalue weighted by Crippen LogP contribution is -2.53. The summed E-state index contributed by atoms with van der Waals surface area (Å²) < 4.78 is 77.0. The van der Waals surface area contributed by atoms with E-state index in [1.807, 2.05) is 0 Å². The first-order valence-electron chi connectivity index (χ1n) is 9.73. The summed E-state index contributed by atoms with van der Waals surface area (Å²) >= 11 is 0. The van der Waals surface area contributed by atoms with E-state index in [2.05, 4.69) is 10.1 Å². The fourth-order valence-electron chi connectivity index (χ4n) is 3.23. The standard InChI is InChI=1S/C20H17F5N2O6/c21-12-13(22)15(24)17(16(25)14(12)23)33-19(31)20(4-1-5-20)18(30)26-6-8-32-9-7-27-10(28)2-3-11(27)29/h2-3H,1,4-9H2,(H,26,30). The average Bonchev–Trinajstić information content (AvgIpc) is 3.07. The molecule has 0 bridgehead atoms. The van der Waals surface area contributed by atoms with E-state index in [0.29, 0.717) is 6.42 Å². The van der Waals surface area contributed by atoms with Crippen LogP contribution in [-0.2, 0) is 23.9 Å². The van der Waals surface area contributed by atoms with Crippen molar-refractivity contribution in [1.82, 2.24) is 10.2 Å². The molecule has 0 spiro atoms. The SMILES string of the molecule is O=C1C=CC(=O)N1CCOCCNC(=O)C1(C(=O)Oc2c(F)c(F)c(F)c(F)c2F)CCC1. The number of amides is 3. The predicted octanol–water partition coefficient (Wildman–Crippen LogP) is 1.52. The Morgan fingerprint density at radius 1 is 0.909 bits per heavy atom. The van der Waals surface area contributed by atoms with Crippen LogP contribution in [0.15, 0.2) is 12.2 Å². The topological polar surface area (TPSA) is 102 Å². The van der Waals surface area contributed by atoms with Gasteiger partial charge in [-0.2, -0.15) is 8.78 Å². The van der Waals surface area contributed by atoms with Gasteiger partial charge >= 0.3 is 5.97 Å². The maximum Gasteiger partial charge on any atom is 0.327 e. The van der Waals surface area contributed by atoms with Gasteiger partial charge in [0.1, 0.15) is 5.41 Å². The fourth-order valence-corrected chi connectivity index (χ4v) is 3.23. The lowest BCUT2D eigenvalue weighted by molar-refractivity contribution is -0.160. The van der Waals surface area contributed by atoms with Gasteiger partial charge in [-0.15, -0.1) is 0 Å². The van der Waals surface area contributed by atoms with Crippen molar-refractivity contribution >= 4 is 23.7 Å². The van der Waals surface area contributed by atoms with Crippen molar-refractivity contribution in [3.05, 3.63) is 41.2 Å². The third kappa shape index (κ3) is 4.58. The first kappa shape index (κ1) is 24.3. The summed E-state index contributed by atoms with van der Waals surface area (Å²) in [6.07, 6.45) is 2.51. The molecule has 1 aliphatic carbocycles. The number of rotatable bonds is 9. The van der Waals surface area contributed by atoms with Gasteiger partial charge in [0.25, 0.3) is 11.8 Å². The van der Waals surface area contributed by atoms with Gasteiger partial charge in [0.05, 0.1) is 19.8 Å². The molecule has 1 heterocycles. The number of hydrogen-bond acceptors (Lipinski definition) is 6. The summed E-state index contributed by atoms with van der Waals surface area (Å²) in [5.41, 5.74) is -1.85. The zero-order chi connectivity index (χ0) is 24.3. The molecule has 0 atom stereocenters. The van der Waals surface area contributed by atoms with Crippen molar-refractivity contribution in [3.8, 4) is 5.75 Å². The molecule has 1 aliphatic heterocycles. The summed E-state index contributed by atoms with van der Waals surface area (Å²) in [5, 5.41) is 2.38. The summed E-state index contributed by atoms with van der Waals surface area (Å²) in [7, 11) is 0. The van der Waals surface area contributed by atoms with Crippen LogP contribution in [0.25, 0.3) is 0 Å². The highest BCUT2D eigenvalue weighted by Crippen LogP contribution is 2.43. The molecule has 3 amide bonds. The van der Waals surface area contributed by atoms with E-state index in [9.17, 15) is 41.1 Å². The van der Waals surface area contributed by atoms with Gasteiger partial charge in [0, 0.05) is 18.7 Å². The molecule has 1 fully saturated rings. The number of imide groups is 1. The largest absolute Gasteiger partial charge is 0.419 e. The van der Waals surface area contributed by atoms with Crippen LogP contribution in [0.4, 0.5) is 22.0 Å². The number of carbonyl (C=O) groups excluding carboxylic acids is 4. The zero-order valence-electron chi connectivity index (χ0n) is 16.9. The van der Waals surface area contributed by atoms with Crippen molar-refractivity contribution in [2.24, 2.45) is 5.41 Å². The first-order valence-corrected chi connectivity index (χ1v) is 9.73. The predicted molar refractivity (Wildman–Crippen MR) is 97.8 cm³/mol. The Morgan fingerprint density at radius 3 is 1.97 bits per heavy atom. The van der Waals surface area contributed by atoms with Gasteiger partial charge in [-0.1, -0.05) is 6.42 Å². The number of esters is 1. The highest BCUT2D eigenvalue weighted by atomic mass is 19.2. The van der Waals surface area contributed by atoms with E-state index in [-0.39, 0.29) is 39.1 Å². The number of hydrogen-bond donors (Lipinski definition) is 1. The van der Waals surface area contributed by atoms with Crippen LogP contribution in [-0.4, -0.2) is 54.9 Å². The van der Waals surface area contributed by atoms with Gasteiger partial charge in [0.2, 0.25) is 40.7 Å². The Morgan fingerprint density at radius 2 is 1.45 bits per heavy atom. The summed E-state index contributed by atoms with van der Waals surface area (Å²) in [6.45, 7) is -0.173. The molecule has 178 valence electrons. The minimum absolute atomic E-state index is 0.00318. The third-order valence-electron chi connectivity index (χ3n) is 5.29. The van der Waals surface area contributed by atoms with E-state index < -0.39 is 63.9 Å². The molecular formula is C20H17F5N2O6. The molecule has 0 saturated heterocycles. The maximum atomic E-state index is 13.8. The molecule has 8 nitrogen and oxygen atoms in total. The molecule has 0 aromatic heterocycles. The highest BCUT2D eigenvalue weighted by Gasteiger charge is 2.53. The van der Waals surface area contributed by atoms with Gasteiger partial charge in [0.15, 0.2) is 0 Å². The number of benzene rings is 1. The lowest BCUT2D eigenvalue weighted by Gasteiger charge is -2.37. The second kappa shape index (κ2) is 9.65. The van der Waals surface area contributed by atoms with Gasteiger partial charge < -0.3 is 14.8 Å². The second-order valence-electron chi connectivity index (χ2n) is 7.25. The Bertz CT molecular complexity index is 993. The Hall–Kier alpha value is -3.35. The van der Waals surface area contributed by atoms with Crippen LogP contribution in [0.2, 0.25) is 0 Å². The second-order valence-corrected chi connectivity index (χ2v) is 7.25. The van der Waals surface area contributed by atoms with Crippen molar-refractivity contribution in [3.63, 3.8) is 0 Å². The number of nitrogens with one attached hydrogen (secondary N) is 1. The highest BCUT2D eigenvalue weighted by molar-refractivity contribution is 6.12.